The molecule has 0 saturated heterocycles. The summed E-state index contributed by atoms with van der Waals surface area (Å²) < 4.78 is 11.7. The molecule has 5 heteroatoms. The van der Waals surface area contributed by atoms with Gasteiger partial charge < -0.3 is 19.9 Å². The predicted octanol–water partition coefficient (Wildman–Crippen LogP) is 5.12. The number of ether oxygens (including phenoxy) is 2. The summed E-state index contributed by atoms with van der Waals surface area (Å²) in [7, 11) is 0. The monoisotopic (exact) mass is 369 g/mol. The van der Waals surface area contributed by atoms with E-state index in [0.717, 1.165) is 28.2 Å². The lowest BCUT2D eigenvalue weighted by atomic mass is 9.78. The lowest BCUT2D eigenvalue weighted by Crippen LogP contribution is -2.43. The molecule has 2 aromatic carbocycles. The maximum atomic E-state index is 11.2. The number of nitrogens with one attached hydrogen (secondary N) is 1. The standard InChI is InChI=1S/C22H27NO4/c1-14(2)12-26-17-8-5-15(6-9-17)16-7-10-18-19(11-16)27-13-22(3,4)20(18)23-21(24)25/h5-11,14,20,23H,12-13H2,1-4H3,(H,24,25). The first-order chi connectivity index (χ1) is 12.8. The van der Waals surface area contributed by atoms with E-state index in [9.17, 15) is 9.90 Å². The van der Waals surface area contributed by atoms with Crippen LogP contribution in [0.3, 0.4) is 0 Å². The van der Waals surface area contributed by atoms with E-state index in [1.165, 1.54) is 0 Å². The lowest BCUT2D eigenvalue weighted by molar-refractivity contribution is 0.0996. The Balaban J connectivity index is 1.85. The van der Waals surface area contributed by atoms with Crippen LogP contribution in [0.5, 0.6) is 11.5 Å². The molecule has 1 aliphatic heterocycles. The Labute approximate surface area is 160 Å². The Morgan fingerprint density at radius 2 is 1.89 bits per heavy atom. The third kappa shape index (κ3) is 4.35. The largest absolute Gasteiger partial charge is 0.493 e. The molecular formula is C22H27NO4. The molecule has 0 bridgehead atoms. The van der Waals surface area contributed by atoms with E-state index < -0.39 is 6.09 Å². The highest BCUT2D eigenvalue weighted by Crippen LogP contribution is 2.44. The molecule has 27 heavy (non-hydrogen) atoms. The summed E-state index contributed by atoms with van der Waals surface area (Å²) >= 11 is 0. The molecule has 1 unspecified atom stereocenters. The fourth-order valence-corrected chi connectivity index (χ4v) is 3.25. The number of hydrogen-bond donors (Lipinski definition) is 2. The molecule has 0 aromatic heterocycles. The minimum Gasteiger partial charge on any atom is -0.493 e. The van der Waals surface area contributed by atoms with Gasteiger partial charge in [-0.2, -0.15) is 0 Å². The smallest absolute Gasteiger partial charge is 0.405 e. The first-order valence-electron chi connectivity index (χ1n) is 9.26. The molecule has 1 aliphatic rings. The highest BCUT2D eigenvalue weighted by molar-refractivity contribution is 5.69. The van der Waals surface area contributed by atoms with E-state index in [1.54, 1.807) is 0 Å². The Bertz CT molecular complexity index is 812. The van der Waals surface area contributed by atoms with Crippen molar-refractivity contribution in [3.05, 3.63) is 48.0 Å². The average molecular weight is 369 g/mol. The summed E-state index contributed by atoms with van der Waals surface area (Å²) in [6.45, 7) is 9.39. The quantitative estimate of drug-likeness (QED) is 0.768. The number of hydrogen-bond acceptors (Lipinski definition) is 3. The molecule has 0 saturated carbocycles. The van der Waals surface area contributed by atoms with Crippen LogP contribution in [0.1, 0.15) is 39.3 Å². The third-order valence-corrected chi connectivity index (χ3v) is 4.74. The van der Waals surface area contributed by atoms with Crippen molar-refractivity contribution in [2.24, 2.45) is 11.3 Å². The van der Waals surface area contributed by atoms with Crippen LogP contribution in [0.15, 0.2) is 42.5 Å². The van der Waals surface area contributed by atoms with E-state index in [4.69, 9.17) is 9.47 Å². The number of amides is 1. The molecule has 1 amide bonds. The van der Waals surface area contributed by atoms with Crippen molar-refractivity contribution in [1.82, 2.24) is 5.32 Å². The number of fused-ring (bicyclic) bond motifs is 1. The van der Waals surface area contributed by atoms with E-state index in [0.29, 0.717) is 19.1 Å². The maximum Gasteiger partial charge on any atom is 0.405 e. The molecular weight excluding hydrogens is 342 g/mol. The Kier molecular flexibility index (Phi) is 5.31. The molecule has 0 spiro atoms. The Morgan fingerprint density at radius 1 is 1.22 bits per heavy atom. The van der Waals surface area contributed by atoms with Gasteiger partial charge in [0, 0.05) is 11.0 Å². The molecule has 5 nitrogen and oxygen atoms in total. The minimum atomic E-state index is -1.03. The lowest BCUT2D eigenvalue weighted by Gasteiger charge is -2.39. The van der Waals surface area contributed by atoms with Crippen molar-refractivity contribution in [2.75, 3.05) is 13.2 Å². The number of rotatable bonds is 5. The third-order valence-electron chi connectivity index (χ3n) is 4.74. The molecule has 2 N–H and O–H groups in total. The van der Waals surface area contributed by atoms with Gasteiger partial charge >= 0.3 is 6.09 Å². The van der Waals surface area contributed by atoms with Gasteiger partial charge in [0.2, 0.25) is 0 Å². The van der Waals surface area contributed by atoms with Crippen LogP contribution in [0.25, 0.3) is 11.1 Å². The van der Waals surface area contributed by atoms with Crippen molar-refractivity contribution < 1.29 is 19.4 Å². The van der Waals surface area contributed by atoms with Crippen LogP contribution in [0.2, 0.25) is 0 Å². The summed E-state index contributed by atoms with van der Waals surface area (Å²) in [5.41, 5.74) is 2.64. The van der Waals surface area contributed by atoms with Gasteiger partial charge in [0.15, 0.2) is 0 Å². The van der Waals surface area contributed by atoms with Gasteiger partial charge in [-0.05, 0) is 35.2 Å². The number of carboxylic acid groups (broad SMARTS) is 1. The zero-order chi connectivity index (χ0) is 19.6. The van der Waals surface area contributed by atoms with Gasteiger partial charge in [-0.25, -0.2) is 4.79 Å². The first-order valence-corrected chi connectivity index (χ1v) is 9.26. The summed E-state index contributed by atoms with van der Waals surface area (Å²) in [4.78, 5) is 11.2. The second kappa shape index (κ2) is 7.51. The van der Waals surface area contributed by atoms with Gasteiger partial charge in [0.25, 0.3) is 0 Å². The van der Waals surface area contributed by atoms with Gasteiger partial charge in [-0.1, -0.05) is 52.0 Å². The zero-order valence-corrected chi connectivity index (χ0v) is 16.3. The highest BCUT2D eigenvalue weighted by Gasteiger charge is 2.38. The van der Waals surface area contributed by atoms with E-state index in [2.05, 4.69) is 19.2 Å². The van der Waals surface area contributed by atoms with Crippen molar-refractivity contribution in [3.8, 4) is 22.6 Å². The normalized spacial score (nSPS) is 17.7. The van der Waals surface area contributed by atoms with Crippen molar-refractivity contribution >= 4 is 6.09 Å². The molecule has 1 heterocycles. The highest BCUT2D eigenvalue weighted by atomic mass is 16.5. The first kappa shape index (κ1) is 19.1. The molecule has 1 atom stereocenters. The molecule has 0 radical (unpaired) electrons. The van der Waals surface area contributed by atoms with E-state index >= 15 is 0 Å². The van der Waals surface area contributed by atoms with Crippen LogP contribution in [-0.4, -0.2) is 24.4 Å². The second-order valence-corrected chi connectivity index (χ2v) is 8.14. The van der Waals surface area contributed by atoms with Gasteiger partial charge in [0.05, 0.1) is 19.3 Å². The number of benzene rings is 2. The van der Waals surface area contributed by atoms with E-state index in [-0.39, 0.29) is 11.5 Å². The van der Waals surface area contributed by atoms with Crippen LogP contribution in [0.4, 0.5) is 4.79 Å². The summed E-state index contributed by atoms with van der Waals surface area (Å²) in [6.07, 6.45) is -1.03. The topological polar surface area (TPSA) is 67.8 Å². The Morgan fingerprint density at radius 3 is 2.52 bits per heavy atom. The molecule has 144 valence electrons. The molecule has 0 fully saturated rings. The zero-order valence-electron chi connectivity index (χ0n) is 16.3. The van der Waals surface area contributed by atoms with E-state index in [1.807, 2.05) is 56.3 Å². The predicted molar refractivity (Wildman–Crippen MR) is 105 cm³/mol. The minimum absolute atomic E-state index is 0.306. The number of carbonyl (C=O) groups is 1. The van der Waals surface area contributed by atoms with Crippen LogP contribution < -0.4 is 14.8 Å². The van der Waals surface area contributed by atoms with Gasteiger partial charge in [-0.3, -0.25) is 0 Å². The summed E-state index contributed by atoms with van der Waals surface area (Å²) in [5, 5.41) is 11.8. The molecule has 0 aliphatic carbocycles. The maximum absolute atomic E-state index is 11.2. The summed E-state index contributed by atoms with van der Waals surface area (Å²) in [6, 6.07) is 13.6. The summed E-state index contributed by atoms with van der Waals surface area (Å²) in [5.74, 6) is 2.07. The SMILES string of the molecule is CC(C)COc1ccc(-c2ccc3c(c2)OCC(C)(C)C3NC(=O)O)cc1. The van der Waals surface area contributed by atoms with Crippen molar-refractivity contribution in [2.45, 2.75) is 33.7 Å². The van der Waals surface area contributed by atoms with Crippen molar-refractivity contribution in [3.63, 3.8) is 0 Å². The average Bonchev–Trinajstić information content (AvgIpc) is 2.62. The van der Waals surface area contributed by atoms with Crippen LogP contribution in [0, 0.1) is 11.3 Å². The fourth-order valence-electron chi connectivity index (χ4n) is 3.25. The fraction of sp³-hybridized carbons (Fsp3) is 0.409. The van der Waals surface area contributed by atoms with Crippen molar-refractivity contribution in [1.29, 1.82) is 0 Å². The van der Waals surface area contributed by atoms with Crippen LogP contribution in [-0.2, 0) is 0 Å². The van der Waals surface area contributed by atoms with Gasteiger partial charge in [-0.15, -0.1) is 0 Å². The molecule has 2 aromatic rings. The van der Waals surface area contributed by atoms with Gasteiger partial charge in [0.1, 0.15) is 11.5 Å². The second-order valence-electron chi connectivity index (χ2n) is 8.14. The molecule has 3 rings (SSSR count). The Hall–Kier alpha value is -2.69. The van der Waals surface area contributed by atoms with Crippen LogP contribution >= 0.6 is 0 Å².